The first-order valence-electron chi connectivity index (χ1n) is 5.95. The van der Waals surface area contributed by atoms with Gasteiger partial charge in [-0.25, -0.2) is 4.39 Å². The number of rotatable bonds is 4. The van der Waals surface area contributed by atoms with E-state index in [2.05, 4.69) is 5.32 Å². The number of carbonyl (C=O) groups is 1. The summed E-state index contributed by atoms with van der Waals surface area (Å²) >= 11 is 1.94. The SMILES string of the molecule is COCc1ccccc1NC(=O)c1ccc(F)cc1I. The fraction of sp³-hybridized carbons (Fsp3) is 0.133. The predicted molar refractivity (Wildman–Crippen MR) is 84.2 cm³/mol. The molecule has 5 heteroatoms. The second-order valence-electron chi connectivity index (χ2n) is 4.17. The van der Waals surface area contributed by atoms with Gasteiger partial charge in [0.25, 0.3) is 5.91 Å². The fourth-order valence-corrected chi connectivity index (χ4v) is 2.51. The van der Waals surface area contributed by atoms with Gasteiger partial charge in [0.1, 0.15) is 5.82 Å². The molecule has 2 rings (SSSR count). The van der Waals surface area contributed by atoms with Gasteiger partial charge in [-0.3, -0.25) is 4.79 Å². The Morgan fingerprint density at radius 2 is 2.05 bits per heavy atom. The van der Waals surface area contributed by atoms with Crippen molar-refractivity contribution in [1.82, 2.24) is 0 Å². The summed E-state index contributed by atoms with van der Waals surface area (Å²) in [5.41, 5.74) is 2.03. The van der Waals surface area contributed by atoms with E-state index in [1.807, 2.05) is 46.9 Å². The van der Waals surface area contributed by atoms with Crippen molar-refractivity contribution in [2.75, 3.05) is 12.4 Å². The highest BCUT2D eigenvalue weighted by Gasteiger charge is 2.12. The lowest BCUT2D eigenvalue weighted by atomic mass is 10.1. The third-order valence-corrected chi connectivity index (χ3v) is 3.63. The van der Waals surface area contributed by atoms with Gasteiger partial charge in [0.2, 0.25) is 0 Å². The molecule has 0 saturated carbocycles. The summed E-state index contributed by atoms with van der Waals surface area (Å²) in [5.74, 6) is -0.622. The van der Waals surface area contributed by atoms with E-state index in [0.717, 1.165) is 5.56 Å². The Labute approximate surface area is 130 Å². The van der Waals surface area contributed by atoms with Crippen LogP contribution in [0.1, 0.15) is 15.9 Å². The first-order valence-corrected chi connectivity index (χ1v) is 7.03. The molecule has 0 spiro atoms. The zero-order valence-corrected chi connectivity index (χ0v) is 13.0. The molecule has 0 fully saturated rings. The predicted octanol–water partition coefficient (Wildman–Crippen LogP) is 3.83. The third kappa shape index (κ3) is 3.55. The molecular formula is C15H13FINO2. The van der Waals surface area contributed by atoms with Gasteiger partial charge in [-0.1, -0.05) is 18.2 Å². The lowest BCUT2D eigenvalue weighted by Crippen LogP contribution is -2.15. The van der Waals surface area contributed by atoms with Crippen LogP contribution in [-0.2, 0) is 11.3 Å². The number of methoxy groups -OCH3 is 1. The van der Waals surface area contributed by atoms with Gasteiger partial charge in [-0.2, -0.15) is 0 Å². The summed E-state index contributed by atoms with van der Waals surface area (Å²) < 4.78 is 18.7. The molecule has 1 amide bonds. The van der Waals surface area contributed by atoms with Crippen molar-refractivity contribution in [2.24, 2.45) is 0 Å². The second kappa shape index (κ2) is 6.81. The zero-order valence-electron chi connectivity index (χ0n) is 10.8. The van der Waals surface area contributed by atoms with E-state index in [-0.39, 0.29) is 11.7 Å². The van der Waals surface area contributed by atoms with Crippen molar-refractivity contribution >= 4 is 34.2 Å². The third-order valence-electron chi connectivity index (χ3n) is 2.74. The molecule has 104 valence electrons. The monoisotopic (exact) mass is 385 g/mol. The highest BCUT2D eigenvalue weighted by molar-refractivity contribution is 14.1. The quantitative estimate of drug-likeness (QED) is 0.813. The Bertz CT molecular complexity index is 631. The van der Waals surface area contributed by atoms with Crippen LogP contribution in [0.3, 0.4) is 0 Å². The fourth-order valence-electron chi connectivity index (χ4n) is 1.79. The maximum atomic E-state index is 13.0. The average molecular weight is 385 g/mol. The van der Waals surface area contributed by atoms with Crippen LogP contribution in [0.4, 0.5) is 10.1 Å². The van der Waals surface area contributed by atoms with E-state index in [1.54, 1.807) is 7.11 Å². The van der Waals surface area contributed by atoms with Crippen LogP contribution >= 0.6 is 22.6 Å². The number of para-hydroxylation sites is 1. The van der Waals surface area contributed by atoms with Crippen LogP contribution in [0.25, 0.3) is 0 Å². The van der Waals surface area contributed by atoms with Crippen molar-refractivity contribution in [3.8, 4) is 0 Å². The molecule has 0 aliphatic heterocycles. The highest BCUT2D eigenvalue weighted by Crippen LogP contribution is 2.19. The minimum absolute atomic E-state index is 0.266. The van der Waals surface area contributed by atoms with E-state index >= 15 is 0 Å². The Morgan fingerprint density at radius 1 is 1.30 bits per heavy atom. The number of nitrogens with one attached hydrogen (secondary N) is 1. The molecule has 0 aromatic heterocycles. The minimum atomic E-state index is -0.356. The maximum Gasteiger partial charge on any atom is 0.256 e. The molecule has 2 aromatic carbocycles. The summed E-state index contributed by atoms with van der Waals surface area (Å²) in [5, 5.41) is 2.83. The van der Waals surface area contributed by atoms with Crippen molar-refractivity contribution in [3.05, 3.63) is 63.0 Å². The molecule has 0 bridgehead atoms. The number of hydrogen-bond acceptors (Lipinski definition) is 2. The molecule has 1 N–H and O–H groups in total. The summed E-state index contributed by atoms with van der Waals surface area (Å²) in [6.07, 6.45) is 0. The van der Waals surface area contributed by atoms with Gasteiger partial charge in [0, 0.05) is 21.9 Å². The number of hydrogen-bond donors (Lipinski definition) is 1. The normalized spacial score (nSPS) is 10.3. The standard InChI is InChI=1S/C15H13FINO2/c1-20-9-10-4-2-3-5-14(10)18-15(19)12-7-6-11(16)8-13(12)17/h2-8H,9H2,1H3,(H,18,19). The topological polar surface area (TPSA) is 38.3 Å². The lowest BCUT2D eigenvalue weighted by molar-refractivity contribution is 0.102. The largest absolute Gasteiger partial charge is 0.380 e. The summed E-state index contributed by atoms with van der Waals surface area (Å²) in [7, 11) is 1.60. The number of amides is 1. The number of carbonyl (C=O) groups excluding carboxylic acids is 1. The molecule has 0 heterocycles. The van der Waals surface area contributed by atoms with Crippen molar-refractivity contribution < 1.29 is 13.9 Å². The molecule has 3 nitrogen and oxygen atoms in total. The van der Waals surface area contributed by atoms with Crippen molar-refractivity contribution in [2.45, 2.75) is 6.61 Å². The Balaban J connectivity index is 2.23. The Morgan fingerprint density at radius 3 is 2.75 bits per heavy atom. The van der Waals surface area contributed by atoms with Gasteiger partial charge in [-0.05, 0) is 46.9 Å². The van der Waals surface area contributed by atoms with E-state index in [1.165, 1.54) is 18.2 Å². The molecule has 0 aliphatic rings. The molecule has 0 unspecified atom stereocenters. The Hall–Kier alpha value is -1.47. The zero-order chi connectivity index (χ0) is 14.5. The number of halogens is 2. The highest BCUT2D eigenvalue weighted by atomic mass is 127. The molecule has 0 saturated heterocycles. The number of benzene rings is 2. The molecule has 0 radical (unpaired) electrons. The van der Waals surface area contributed by atoms with Gasteiger partial charge in [0.15, 0.2) is 0 Å². The van der Waals surface area contributed by atoms with Crippen LogP contribution in [0, 0.1) is 9.39 Å². The van der Waals surface area contributed by atoms with E-state index in [4.69, 9.17) is 4.74 Å². The summed E-state index contributed by atoms with van der Waals surface area (Å²) in [4.78, 5) is 12.2. The van der Waals surface area contributed by atoms with E-state index < -0.39 is 0 Å². The van der Waals surface area contributed by atoms with Gasteiger partial charge < -0.3 is 10.1 Å². The molecule has 20 heavy (non-hydrogen) atoms. The molecule has 0 aliphatic carbocycles. The van der Waals surface area contributed by atoms with E-state index in [0.29, 0.717) is 21.4 Å². The second-order valence-corrected chi connectivity index (χ2v) is 5.33. The van der Waals surface area contributed by atoms with Crippen molar-refractivity contribution in [1.29, 1.82) is 0 Å². The first-order chi connectivity index (χ1) is 9.61. The molecule has 2 aromatic rings. The van der Waals surface area contributed by atoms with Crippen LogP contribution in [0.5, 0.6) is 0 Å². The van der Waals surface area contributed by atoms with Gasteiger partial charge in [-0.15, -0.1) is 0 Å². The number of anilines is 1. The Kier molecular flexibility index (Phi) is 5.08. The van der Waals surface area contributed by atoms with Crippen LogP contribution in [0.2, 0.25) is 0 Å². The van der Waals surface area contributed by atoms with Crippen LogP contribution in [-0.4, -0.2) is 13.0 Å². The van der Waals surface area contributed by atoms with Crippen LogP contribution in [0.15, 0.2) is 42.5 Å². The van der Waals surface area contributed by atoms with E-state index in [9.17, 15) is 9.18 Å². The minimum Gasteiger partial charge on any atom is -0.380 e. The number of ether oxygens (including phenoxy) is 1. The first kappa shape index (κ1) is 14.9. The summed E-state index contributed by atoms with van der Waals surface area (Å²) in [6.45, 7) is 0.414. The smallest absolute Gasteiger partial charge is 0.256 e. The lowest BCUT2D eigenvalue weighted by Gasteiger charge is -2.11. The molecule has 0 atom stereocenters. The average Bonchev–Trinajstić information content (AvgIpc) is 2.41. The summed E-state index contributed by atoms with van der Waals surface area (Å²) in [6, 6.07) is 11.5. The maximum absolute atomic E-state index is 13.0. The van der Waals surface area contributed by atoms with Crippen LogP contribution < -0.4 is 5.32 Å². The van der Waals surface area contributed by atoms with Gasteiger partial charge in [0.05, 0.1) is 12.2 Å². The van der Waals surface area contributed by atoms with Gasteiger partial charge >= 0.3 is 0 Å². The van der Waals surface area contributed by atoms with Crippen molar-refractivity contribution in [3.63, 3.8) is 0 Å². The molecular weight excluding hydrogens is 372 g/mol.